The highest BCUT2D eigenvalue weighted by Gasteiger charge is 2.17. The number of pyridine rings is 1. The van der Waals surface area contributed by atoms with E-state index in [2.05, 4.69) is 4.98 Å². The molecule has 1 aromatic rings. The molecule has 1 aromatic heterocycles. The van der Waals surface area contributed by atoms with Gasteiger partial charge in [0.1, 0.15) is 0 Å². The first-order chi connectivity index (χ1) is 7.84. The van der Waals surface area contributed by atoms with Crippen LogP contribution >= 0.6 is 0 Å². The molecule has 0 aromatic carbocycles. The molecule has 1 aliphatic rings. The van der Waals surface area contributed by atoms with E-state index in [1.807, 2.05) is 18.3 Å². The lowest BCUT2D eigenvalue weighted by molar-refractivity contribution is 0.0439. The van der Waals surface area contributed by atoms with Crippen LogP contribution in [-0.2, 0) is 11.2 Å². The lowest BCUT2D eigenvalue weighted by atomic mass is 9.91. The minimum atomic E-state index is -0.243. The van der Waals surface area contributed by atoms with E-state index in [-0.39, 0.29) is 6.10 Å². The van der Waals surface area contributed by atoms with Crippen LogP contribution in [0, 0.1) is 5.92 Å². The summed E-state index contributed by atoms with van der Waals surface area (Å²) >= 11 is 0. The highest BCUT2D eigenvalue weighted by molar-refractivity contribution is 5.09. The van der Waals surface area contributed by atoms with Crippen molar-refractivity contribution < 1.29 is 9.84 Å². The van der Waals surface area contributed by atoms with Gasteiger partial charge in [-0.3, -0.25) is 4.98 Å². The van der Waals surface area contributed by atoms with Gasteiger partial charge in [-0.15, -0.1) is 0 Å². The average Bonchev–Trinajstić information content (AvgIpc) is 2.31. The van der Waals surface area contributed by atoms with Gasteiger partial charge < -0.3 is 9.84 Å². The molecule has 16 heavy (non-hydrogen) atoms. The van der Waals surface area contributed by atoms with Crippen molar-refractivity contribution in [3.8, 4) is 0 Å². The molecule has 1 N–H and O–H groups in total. The van der Waals surface area contributed by atoms with Gasteiger partial charge in [0.15, 0.2) is 0 Å². The van der Waals surface area contributed by atoms with Crippen molar-refractivity contribution in [2.24, 2.45) is 5.92 Å². The van der Waals surface area contributed by atoms with Gasteiger partial charge in [-0.2, -0.15) is 0 Å². The number of aliphatic hydroxyl groups is 1. The van der Waals surface area contributed by atoms with E-state index in [1.54, 1.807) is 6.20 Å². The highest BCUT2D eigenvalue weighted by atomic mass is 16.5. The molecule has 2 rings (SSSR count). The Morgan fingerprint density at radius 2 is 2.25 bits per heavy atom. The molecule has 3 heteroatoms. The molecule has 0 amide bonds. The normalized spacial score (nSPS) is 19.6. The van der Waals surface area contributed by atoms with Gasteiger partial charge >= 0.3 is 0 Å². The fourth-order valence-corrected chi connectivity index (χ4v) is 2.24. The number of nitrogens with zero attached hydrogens (tertiary/aromatic N) is 1. The summed E-state index contributed by atoms with van der Waals surface area (Å²) in [7, 11) is 0. The van der Waals surface area contributed by atoms with Gasteiger partial charge in [-0.1, -0.05) is 6.07 Å². The summed E-state index contributed by atoms with van der Waals surface area (Å²) in [5, 5.41) is 9.99. The minimum absolute atomic E-state index is 0.243. The number of aliphatic hydroxyl groups excluding tert-OH is 1. The number of hydrogen-bond donors (Lipinski definition) is 1. The Balaban J connectivity index is 1.77. The number of aromatic nitrogens is 1. The second-order valence-electron chi connectivity index (χ2n) is 4.51. The second-order valence-corrected chi connectivity index (χ2v) is 4.51. The zero-order valence-electron chi connectivity index (χ0n) is 9.51. The average molecular weight is 221 g/mol. The third kappa shape index (κ3) is 3.58. The van der Waals surface area contributed by atoms with Gasteiger partial charge in [0.25, 0.3) is 0 Å². The Morgan fingerprint density at radius 1 is 1.44 bits per heavy atom. The molecular weight excluding hydrogens is 202 g/mol. The number of ether oxygens (including phenoxy) is 1. The first-order valence-corrected chi connectivity index (χ1v) is 5.99. The zero-order chi connectivity index (χ0) is 11.2. The lowest BCUT2D eigenvalue weighted by Gasteiger charge is -2.24. The molecule has 1 atom stereocenters. The summed E-state index contributed by atoms with van der Waals surface area (Å²) in [4.78, 5) is 4.05. The van der Waals surface area contributed by atoms with E-state index >= 15 is 0 Å². The van der Waals surface area contributed by atoms with Crippen molar-refractivity contribution >= 4 is 0 Å². The van der Waals surface area contributed by atoms with Gasteiger partial charge in [-0.05, 0) is 43.2 Å². The van der Waals surface area contributed by atoms with Crippen LogP contribution in [0.2, 0.25) is 0 Å². The van der Waals surface area contributed by atoms with E-state index in [1.165, 1.54) is 0 Å². The standard InChI is InChI=1S/C13H19NO2/c15-13(8-11-3-6-16-7-4-11)9-12-2-1-5-14-10-12/h1-2,5,10-11,13,15H,3-4,6-9H2. The number of rotatable bonds is 4. The quantitative estimate of drug-likeness (QED) is 0.843. The Bertz CT molecular complexity index is 296. The van der Waals surface area contributed by atoms with Gasteiger partial charge in [0.05, 0.1) is 6.10 Å². The van der Waals surface area contributed by atoms with Gasteiger partial charge in [0, 0.05) is 25.6 Å². The summed E-state index contributed by atoms with van der Waals surface area (Å²) in [6.45, 7) is 1.70. The predicted molar refractivity (Wildman–Crippen MR) is 62.1 cm³/mol. The maximum absolute atomic E-state index is 9.99. The summed E-state index contributed by atoms with van der Waals surface area (Å²) < 4.78 is 5.31. The first-order valence-electron chi connectivity index (χ1n) is 5.99. The van der Waals surface area contributed by atoms with E-state index in [0.717, 1.165) is 38.0 Å². The molecular formula is C13H19NO2. The van der Waals surface area contributed by atoms with Crippen LogP contribution in [0.15, 0.2) is 24.5 Å². The smallest absolute Gasteiger partial charge is 0.0583 e. The molecule has 0 aliphatic carbocycles. The number of hydrogen-bond acceptors (Lipinski definition) is 3. The van der Waals surface area contributed by atoms with Crippen molar-refractivity contribution in [3.05, 3.63) is 30.1 Å². The Kier molecular flexibility index (Phi) is 4.31. The fraction of sp³-hybridized carbons (Fsp3) is 0.615. The predicted octanol–water partition coefficient (Wildman–Crippen LogP) is 1.80. The second kappa shape index (κ2) is 5.97. The lowest BCUT2D eigenvalue weighted by Crippen LogP contribution is -2.22. The topological polar surface area (TPSA) is 42.4 Å². The Hall–Kier alpha value is -0.930. The summed E-state index contributed by atoms with van der Waals surface area (Å²) in [5.74, 6) is 0.625. The van der Waals surface area contributed by atoms with Gasteiger partial charge in [-0.25, -0.2) is 0 Å². The maximum Gasteiger partial charge on any atom is 0.0583 e. The van der Waals surface area contributed by atoms with Crippen molar-refractivity contribution in [2.75, 3.05) is 13.2 Å². The zero-order valence-corrected chi connectivity index (χ0v) is 9.51. The van der Waals surface area contributed by atoms with Crippen LogP contribution < -0.4 is 0 Å². The maximum atomic E-state index is 9.99. The largest absolute Gasteiger partial charge is 0.393 e. The Labute approximate surface area is 96.5 Å². The molecule has 2 heterocycles. The molecule has 0 radical (unpaired) electrons. The van der Waals surface area contributed by atoms with Gasteiger partial charge in [0.2, 0.25) is 0 Å². The molecule has 1 aliphatic heterocycles. The molecule has 0 spiro atoms. The molecule has 1 unspecified atom stereocenters. The molecule has 1 fully saturated rings. The molecule has 1 saturated heterocycles. The van der Waals surface area contributed by atoms with Crippen LogP contribution in [0.5, 0.6) is 0 Å². The molecule has 88 valence electrons. The SMILES string of the molecule is OC(Cc1cccnc1)CC1CCOCC1. The van der Waals surface area contributed by atoms with E-state index < -0.39 is 0 Å². The van der Waals surface area contributed by atoms with Crippen LogP contribution in [0.1, 0.15) is 24.8 Å². The van der Waals surface area contributed by atoms with Crippen molar-refractivity contribution in [1.82, 2.24) is 4.98 Å². The highest BCUT2D eigenvalue weighted by Crippen LogP contribution is 2.21. The fourth-order valence-electron chi connectivity index (χ4n) is 2.24. The van der Waals surface area contributed by atoms with Crippen LogP contribution in [-0.4, -0.2) is 29.4 Å². The van der Waals surface area contributed by atoms with E-state index in [0.29, 0.717) is 12.3 Å². The molecule has 3 nitrogen and oxygen atoms in total. The molecule has 0 bridgehead atoms. The monoisotopic (exact) mass is 221 g/mol. The van der Waals surface area contributed by atoms with Crippen molar-refractivity contribution in [2.45, 2.75) is 31.8 Å². The summed E-state index contributed by atoms with van der Waals surface area (Å²) in [5.41, 5.74) is 1.11. The van der Waals surface area contributed by atoms with Crippen LogP contribution in [0.4, 0.5) is 0 Å². The molecule has 0 saturated carbocycles. The van der Waals surface area contributed by atoms with E-state index in [9.17, 15) is 5.11 Å². The van der Waals surface area contributed by atoms with Crippen molar-refractivity contribution in [3.63, 3.8) is 0 Å². The van der Waals surface area contributed by atoms with E-state index in [4.69, 9.17) is 4.74 Å². The van der Waals surface area contributed by atoms with Crippen molar-refractivity contribution in [1.29, 1.82) is 0 Å². The summed E-state index contributed by atoms with van der Waals surface area (Å²) in [6.07, 6.45) is 7.12. The Morgan fingerprint density at radius 3 is 2.94 bits per heavy atom. The third-order valence-electron chi connectivity index (χ3n) is 3.14. The minimum Gasteiger partial charge on any atom is -0.393 e. The first kappa shape index (κ1) is 11.6. The van der Waals surface area contributed by atoms with Crippen LogP contribution in [0.25, 0.3) is 0 Å². The summed E-state index contributed by atoms with van der Waals surface area (Å²) in [6, 6.07) is 3.93. The third-order valence-corrected chi connectivity index (χ3v) is 3.14. The van der Waals surface area contributed by atoms with Crippen LogP contribution in [0.3, 0.4) is 0 Å².